The van der Waals surface area contributed by atoms with Crippen LogP contribution >= 0.6 is 15.9 Å². The third-order valence-electron chi connectivity index (χ3n) is 1.83. The van der Waals surface area contributed by atoms with Gasteiger partial charge in [0, 0.05) is 17.1 Å². The molecule has 0 spiro atoms. The molecule has 1 heterocycles. The summed E-state index contributed by atoms with van der Waals surface area (Å²) >= 11 is 3.27. The molecule has 1 rings (SSSR count). The van der Waals surface area contributed by atoms with Crippen LogP contribution in [0.3, 0.4) is 0 Å². The fourth-order valence-corrected chi connectivity index (χ4v) is 1.31. The minimum atomic E-state index is 0.0966. The first-order valence-corrected chi connectivity index (χ1v) is 5.29. The van der Waals surface area contributed by atoms with Crippen LogP contribution in [0, 0.1) is 0 Å². The molecule has 0 aliphatic rings. The lowest BCUT2D eigenvalue weighted by atomic mass is 10.1. The fourth-order valence-electron chi connectivity index (χ4n) is 1.08. The van der Waals surface area contributed by atoms with Crippen LogP contribution in [0.2, 0.25) is 0 Å². The molecule has 0 aliphatic carbocycles. The maximum absolute atomic E-state index is 11.5. The molecule has 0 saturated carbocycles. The van der Waals surface area contributed by atoms with Crippen molar-refractivity contribution in [1.29, 1.82) is 0 Å². The second kappa shape index (κ2) is 5.70. The summed E-state index contributed by atoms with van der Waals surface area (Å²) in [6.07, 6.45) is 5.73. The Labute approximate surface area is 92.2 Å². The first kappa shape index (κ1) is 11.1. The van der Waals surface area contributed by atoms with Crippen molar-refractivity contribution in [2.45, 2.75) is 19.3 Å². The number of halogens is 1. The molecule has 2 nitrogen and oxygen atoms in total. The lowest BCUT2D eigenvalue weighted by molar-refractivity contribution is 0.0975. The van der Waals surface area contributed by atoms with Crippen LogP contribution in [0.15, 0.2) is 35.5 Å². The zero-order chi connectivity index (χ0) is 10.4. The molecule has 1 aromatic heterocycles. The van der Waals surface area contributed by atoms with E-state index in [9.17, 15) is 4.79 Å². The van der Waals surface area contributed by atoms with Gasteiger partial charge in [0.25, 0.3) is 0 Å². The van der Waals surface area contributed by atoms with Gasteiger partial charge in [0.05, 0.1) is 0 Å². The molecule has 0 amide bonds. The third-order valence-corrected chi connectivity index (χ3v) is 2.29. The number of carbonyl (C=O) groups excluding carboxylic acids is 1. The van der Waals surface area contributed by atoms with Crippen molar-refractivity contribution in [3.05, 3.63) is 41.2 Å². The summed E-state index contributed by atoms with van der Waals surface area (Å²) in [5.41, 5.74) is 0.539. The van der Waals surface area contributed by atoms with Crippen molar-refractivity contribution in [2.24, 2.45) is 0 Å². The Bertz CT molecular complexity index is 319. The molecule has 0 radical (unpaired) electrons. The third kappa shape index (κ3) is 3.42. The van der Waals surface area contributed by atoms with Crippen molar-refractivity contribution in [3.63, 3.8) is 0 Å². The van der Waals surface area contributed by atoms with E-state index in [1.165, 1.54) is 0 Å². The number of hydrogen-bond donors (Lipinski definition) is 0. The van der Waals surface area contributed by atoms with E-state index in [4.69, 9.17) is 0 Å². The number of Topliss-reactive ketones (excluding diaryl/α,β-unsaturated/α-hetero) is 1. The second-order valence-corrected chi connectivity index (χ2v) is 3.88. The van der Waals surface area contributed by atoms with E-state index in [0.29, 0.717) is 12.1 Å². The SMILES string of the molecule is C=CCCCC(=O)c1ccc(Br)cn1. The van der Waals surface area contributed by atoms with Crippen molar-refractivity contribution in [3.8, 4) is 0 Å². The predicted octanol–water partition coefficient (Wildman–Crippen LogP) is 3.38. The first-order chi connectivity index (χ1) is 6.74. The summed E-state index contributed by atoms with van der Waals surface area (Å²) in [5, 5.41) is 0. The quantitative estimate of drug-likeness (QED) is 0.458. The Hall–Kier alpha value is -0.960. The highest BCUT2D eigenvalue weighted by molar-refractivity contribution is 9.10. The minimum absolute atomic E-state index is 0.0966. The summed E-state index contributed by atoms with van der Waals surface area (Å²) < 4.78 is 0.889. The number of hydrogen-bond acceptors (Lipinski definition) is 2. The van der Waals surface area contributed by atoms with Crippen LogP contribution in [0.5, 0.6) is 0 Å². The maximum atomic E-state index is 11.5. The summed E-state index contributed by atoms with van der Waals surface area (Å²) in [6.45, 7) is 3.61. The highest BCUT2D eigenvalue weighted by Crippen LogP contribution is 2.10. The van der Waals surface area contributed by atoms with Crippen molar-refractivity contribution >= 4 is 21.7 Å². The number of allylic oxidation sites excluding steroid dienone is 1. The number of pyridine rings is 1. The van der Waals surface area contributed by atoms with Gasteiger partial charge in [-0.25, -0.2) is 0 Å². The summed E-state index contributed by atoms with van der Waals surface area (Å²) in [5.74, 6) is 0.0966. The molecular weight excluding hydrogens is 242 g/mol. The predicted molar refractivity (Wildman–Crippen MR) is 60.3 cm³/mol. The van der Waals surface area contributed by atoms with E-state index >= 15 is 0 Å². The molecule has 3 heteroatoms. The van der Waals surface area contributed by atoms with Gasteiger partial charge in [0.15, 0.2) is 5.78 Å². The Balaban J connectivity index is 2.52. The number of nitrogens with zero attached hydrogens (tertiary/aromatic N) is 1. The molecule has 0 saturated heterocycles. The lowest BCUT2D eigenvalue weighted by Gasteiger charge is -1.98. The monoisotopic (exact) mass is 253 g/mol. The number of rotatable bonds is 5. The fraction of sp³-hybridized carbons (Fsp3) is 0.273. The van der Waals surface area contributed by atoms with E-state index < -0.39 is 0 Å². The van der Waals surface area contributed by atoms with Crippen LogP contribution in [-0.4, -0.2) is 10.8 Å². The molecule has 74 valence electrons. The normalized spacial score (nSPS) is 9.79. The van der Waals surface area contributed by atoms with Crippen LogP contribution in [0.4, 0.5) is 0 Å². The van der Waals surface area contributed by atoms with E-state index in [2.05, 4.69) is 27.5 Å². The lowest BCUT2D eigenvalue weighted by Crippen LogP contribution is -2.01. The van der Waals surface area contributed by atoms with E-state index in [-0.39, 0.29) is 5.78 Å². The van der Waals surface area contributed by atoms with Gasteiger partial charge in [-0.1, -0.05) is 6.08 Å². The Morgan fingerprint density at radius 1 is 1.57 bits per heavy atom. The smallest absolute Gasteiger partial charge is 0.181 e. The van der Waals surface area contributed by atoms with Crippen molar-refractivity contribution < 1.29 is 4.79 Å². The van der Waals surface area contributed by atoms with Gasteiger partial charge in [0.1, 0.15) is 5.69 Å². The van der Waals surface area contributed by atoms with Crippen molar-refractivity contribution in [1.82, 2.24) is 4.98 Å². The molecule has 0 unspecified atom stereocenters. The average molecular weight is 254 g/mol. The van der Waals surface area contributed by atoms with E-state index in [1.54, 1.807) is 12.3 Å². The minimum Gasteiger partial charge on any atom is -0.292 e. The highest BCUT2D eigenvalue weighted by Gasteiger charge is 2.05. The summed E-state index contributed by atoms with van der Waals surface area (Å²) in [6, 6.07) is 3.56. The van der Waals surface area contributed by atoms with Gasteiger partial charge in [0.2, 0.25) is 0 Å². The van der Waals surface area contributed by atoms with Gasteiger partial charge in [-0.05, 0) is 40.9 Å². The molecule has 0 atom stereocenters. The standard InChI is InChI=1S/C11H12BrNO/c1-2-3-4-5-11(14)10-7-6-9(12)8-13-10/h2,6-8H,1,3-5H2. The molecular formula is C11H12BrNO. The first-order valence-electron chi connectivity index (χ1n) is 4.49. The highest BCUT2D eigenvalue weighted by atomic mass is 79.9. The second-order valence-electron chi connectivity index (χ2n) is 2.97. The number of aromatic nitrogens is 1. The number of unbranched alkanes of at least 4 members (excludes halogenated alkanes) is 1. The topological polar surface area (TPSA) is 30.0 Å². The molecule has 0 aromatic carbocycles. The largest absolute Gasteiger partial charge is 0.292 e. The molecule has 0 fully saturated rings. The molecule has 1 aromatic rings. The van der Waals surface area contributed by atoms with Crippen molar-refractivity contribution in [2.75, 3.05) is 0 Å². The Morgan fingerprint density at radius 3 is 2.93 bits per heavy atom. The Kier molecular flexibility index (Phi) is 4.53. The zero-order valence-corrected chi connectivity index (χ0v) is 9.46. The molecule has 0 bridgehead atoms. The van der Waals surface area contributed by atoms with E-state index in [1.807, 2.05) is 12.1 Å². The molecule has 0 N–H and O–H groups in total. The Morgan fingerprint density at radius 2 is 2.36 bits per heavy atom. The van der Waals surface area contributed by atoms with Crippen LogP contribution in [0.25, 0.3) is 0 Å². The van der Waals surface area contributed by atoms with Gasteiger partial charge < -0.3 is 0 Å². The number of carbonyl (C=O) groups is 1. The van der Waals surface area contributed by atoms with Gasteiger partial charge in [-0.2, -0.15) is 0 Å². The maximum Gasteiger partial charge on any atom is 0.181 e. The molecule has 0 aliphatic heterocycles. The van der Waals surface area contributed by atoms with Gasteiger partial charge in [-0.3, -0.25) is 9.78 Å². The number of ketones is 1. The summed E-state index contributed by atoms with van der Waals surface area (Å²) in [4.78, 5) is 15.6. The average Bonchev–Trinajstić information content (AvgIpc) is 2.19. The van der Waals surface area contributed by atoms with Gasteiger partial charge >= 0.3 is 0 Å². The zero-order valence-electron chi connectivity index (χ0n) is 7.87. The van der Waals surface area contributed by atoms with Crippen LogP contribution in [0.1, 0.15) is 29.8 Å². The molecule has 14 heavy (non-hydrogen) atoms. The summed E-state index contributed by atoms with van der Waals surface area (Å²) in [7, 11) is 0. The van der Waals surface area contributed by atoms with E-state index in [0.717, 1.165) is 17.3 Å². The van der Waals surface area contributed by atoms with Crippen LogP contribution in [-0.2, 0) is 0 Å². The van der Waals surface area contributed by atoms with Gasteiger partial charge in [-0.15, -0.1) is 6.58 Å². The van der Waals surface area contributed by atoms with Crippen LogP contribution < -0.4 is 0 Å².